The van der Waals surface area contributed by atoms with Gasteiger partial charge in [-0.05, 0) is 43.1 Å². The van der Waals surface area contributed by atoms with E-state index in [9.17, 15) is 0 Å². The third-order valence-electron chi connectivity index (χ3n) is 3.35. The lowest BCUT2D eigenvalue weighted by Crippen LogP contribution is -2.26. The van der Waals surface area contributed by atoms with Crippen molar-refractivity contribution in [3.05, 3.63) is 64.7 Å². The molecule has 1 atom stereocenters. The van der Waals surface area contributed by atoms with E-state index in [0.29, 0.717) is 5.02 Å². The number of ether oxygens (including phenoxy) is 1. The zero-order chi connectivity index (χ0) is 15.1. The number of halogens is 1. The summed E-state index contributed by atoms with van der Waals surface area (Å²) >= 11 is 6.08. The van der Waals surface area contributed by atoms with Gasteiger partial charge in [0.1, 0.15) is 11.9 Å². The second kappa shape index (κ2) is 8.06. The summed E-state index contributed by atoms with van der Waals surface area (Å²) in [6.45, 7) is 5.96. The summed E-state index contributed by atoms with van der Waals surface area (Å²) in [6.07, 6.45) is 1.09. The summed E-state index contributed by atoms with van der Waals surface area (Å²) in [7, 11) is 0. The molecule has 21 heavy (non-hydrogen) atoms. The van der Waals surface area contributed by atoms with Gasteiger partial charge in [-0.2, -0.15) is 0 Å². The molecule has 112 valence electrons. The topological polar surface area (TPSA) is 21.3 Å². The molecule has 2 rings (SSSR count). The van der Waals surface area contributed by atoms with E-state index in [1.54, 1.807) is 0 Å². The van der Waals surface area contributed by atoms with Crippen molar-refractivity contribution >= 4 is 11.6 Å². The Balaban J connectivity index is 2.17. The van der Waals surface area contributed by atoms with Crippen LogP contribution in [0.4, 0.5) is 0 Å². The Morgan fingerprint density at radius 2 is 1.90 bits per heavy atom. The van der Waals surface area contributed by atoms with Gasteiger partial charge >= 0.3 is 0 Å². The Morgan fingerprint density at radius 1 is 1.14 bits per heavy atom. The minimum absolute atomic E-state index is 0.0186. The van der Waals surface area contributed by atoms with Crippen LogP contribution in [-0.4, -0.2) is 13.1 Å². The van der Waals surface area contributed by atoms with Crippen molar-refractivity contribution < 1.29 is 4.74 Å². The van der Waals surface area contributed by atoms with Crippen molar-refractivity contribution in [3.63, 3.8) is 0 Å². The van der Waals surface area contributed by atoms with Crippen LogP contribution in [0.1, 0.15) is 30.6 Å². The van der Waals surface area contributed by atoms with Crippen molar-refractivity contribution in [1.29, 1.82) is 0 Å². The molecule has 1 N–H and O–H groups in total. The standard InChI is InChI=1S/C18H22ClNO/c1-3-11-20-13-18(15-7-5-4-6-8-15)21-17-12-16(19)10-9-14(17)2/h4-10,12,18,20H,3,11,13H2,1-2H3. The Hall–Kier alpha value is -1.51. The molecule has 0 fully saturated rings. The molecule has 0 aromatic heterocycles. The maximum absolute atomic E-state index is 6.21. The van der Waals surface area contributed by atoms with Crippen molar-refractivity contribution in [2.75, 3.05) is 13.1 Å². The molecule has 3 heteroatoms. The summed E-state index contributed by atoms with van der Waals surface area (Å²) in [5.41, 5.74) is 2.26. The fourth-order valence-corrected chi connectivity index (χ4v) is 2.32. The minimum Gasteiger partial charge on any atom is -0.484 e. The van der Waals surface area contributed by atoms with Gasteiger partial charge in [-0.1, -0.05) is 54.9 Å². The van der Waals surface area contributed by atoms with E-state index in [-0.39, 0.29) is 6.10 Å². The molecule has 0 spiro atoms. The Morgan fingerprint density at radius 3 is 2.62 bits per heavy atom. The molecular weight excluding hydrogens is 282 g/mol. The molecule has 2 aromatic carbocycles. The van der Waals surface area contributed by atoms with E-state index < -0.39 is 0 Å². The number of aryl methyl sites for hydroxylation is 1. The average molecular weight is 304 g/mol. The highest BCUT2D eigenvalue weighted by molar-refractivity contribution is 6.30. The van der Waals surface area contributed by atoms with Gasteiger partial charge in [0.2, 0.25) is 0 Å². The second-order valence-corrected chi connectivity index (χ2v) is 5.57. The molecule has 0 saturated carbocycles. The molecular formula is C18H22ClNO. The first-order chi connectivity index (χ1) is 10.2. The number of hydrogen-bond donors (Lipinski definition) is 1. The van der Waals surface area contributed by atoms with Crippen LogP contribution in [0.5, 0.6) is 5.75 Å². The lowest BCUT2D eigenvalue weighted by Gasteiger charge is -2.21. The Bertz CT molecular complexity index is 556. The van der Waals surface area contributed by atoms with Gasteiger partial charge in [0, 0.05) is 11.6 Å². The fourth-order valence-electron chi connectivity index (χ4n) is 2.16. The van der Waals surface area contributed by atoms with E-state index in [0.717, 1.165) is 30.8 Å². The lowest BCUT2D eigenvalue weighted by atomic mass is 10.1. The summed E-state index contributed by atoms with van der Waals surface area (Å²) in [5, 5.41) is 4.13. The quantitative estimate of drug-likeness (QED) is 0.744. The number of hydrogen-bond acceptors (Lipinski definition) is 2. The van der Waals surface area contributed by atoms with Gasteiger partial charge in [-0.15, -0.1) is 0 Å². The van der Waals surface area contributed by atoms with Gasteiger partial charge in [0.25, 0.3) is 0 Å². The van der Waals surface area contributed by atoms with Crippen LogP contribution in [0.25, 0.3) is 0 Å². The molecule has 2 nitrogen and oxygen atoms in total. The van der Waals surface area contributed by atoms with Gasteiger partial charge < -0.3 is 10.1 Å². The summed E-state index contributed by atoms with van der Waals surface area (Å²) in [5.74, 6) is 0.842. The van der Waals surface area contributed by atoms with Gasteiger partial charge in [-0.25, -0.2) is 0 Å². The smallest absolute Gasteiger partial charge is 0.136 e. The first kappa shape index (κ1) is 15.9. The van der Waals surface area contributed by atoms with Crippen LogP contribution < -0.4 is 10.1 Å². The normalized spacial score (nSPS) is 12.1. The SMILES string of the molecule is CCCNCC(Oc1cc(Cl)ccc1C)c1ccccc1. The Kier molecular flexibility index (Phi) is 6.09. The number of benzene rings is 2. The summed E-state index contributed by atoms with van der Waals surface area (Å²) in [6, 6.07) is 16.0. The third-order valence-corrected chi connectivity index (χ3v) is 3.58. The van der Waals surface area contributed by atoms with Crippen LogP contribution in [-0.2, 0) is 0 Å². The van der Waals surface area contributed by atoms with Crippen LogP contribution in [0, 0.1) is 6.92 Å². The summed E-state index contributed by atoms with van der Waals surface area (Å²) in [4.78, 5) is 0. The average Bonchev–Trinajstić information content (AvgIpc) is 2.51. The molecule has 0 heterocycles. The highest BCUT2D eigenvalue weighted by Gasteiger charge is 2.14. The van der Waals surface area contributed by atoms with Gasteiger partial charge in [-0.3, -0.25) is 0 Å². The highest BCUT2D eigenvalue weighted by Crippen LogP contribution is 2.27. The molecule has 0 aliphatic rings. The van der Waals surface area contributed by atoms with Crippen molar-refractivity contribution in [3.8, 4) is 5.75 Å². The molecule has 0 amide bonds. The minimum atomic E-state index is -0.0186. The zero-order valence-corrected chi connectivity index (χ0v) is 13.4. The first-order valence-electron chi connectivity index (χ1n) is 7.39. The molecule has 0 aliphatic heterocycles. The number of nitrogens with one attached hydrogen (secondary N) is 1. The molecule has 0 aliphatic carbocycles. The largest absolute Gasteiger partial charge is 0.484 e. The van der Waals surface area contributed by atoms with Crippen LogP contribution in [0.2, 0.25) is 5.02 Å². The van der Waals surface area contributed by atoms with Crippen LogP contribution >= 0.6 is 11.6 Å². The van der Waals surface area contributed by atoms with E-state index >= 15 is 0 Å². The van der Waals surface area contributed by atoms with Crippen LogP contribution in [0.3, 0.4) is 0 Å². The fraction of sp³-hybridized carbons (Fsp3) is 0.333. The van der Waals surface area contributed by atoms with Crippen LogP contribution in [0.15, 0.2) is 48.5 Å². The van der Waals surface area contributed by atoms with Gasteiger partial charge in [0.05, 0.1) is 0 Å². The van der Waals surface area contributed by atoms with Crippen molar-refractivity contribution in [1.82, 2.24) is 5.32 Å². The maximum Gasteiger partial charge on any atom is 0.136 e. The number of rotatable bonds is 7. The highest BCUT2D eigenvalue weighted by atomic mass is 35.5. The summed E-state index contributed by atoms with van der Waals surface area (Å²) < 4.78 is 6.21. The van der Waals surface area contributed by atoms with E-state index in [4.69, 9.17) is 16.3 Å². The van der Waals surface area contributed by atoms with Crippen molar-refractivity contribution in [2.24, 2.45) is 0 Å². The molecule has 2 aromatic rings. The molecule has 0 saturated heterocycles. The lowest BCUT2D eigenvalue weighted by molar-refractivity contribution is 0.200. The van der Waals surface area contributed by atoms with Crippen molar-refractivity contribution in [2.45, 2.75) is 26.4 Å². The monoisotopic (exact) mass is 303 g/mol. The third kappa shape index (κ3) is 4.76. The van der Waals surface area contributed by atoms with Gasteiger partial charge in [0.15, 0.2) is 0 Å². The predicted octanol–water partition coefficient (Wildman–Crippen LogP) is 4.77. The predicted molar refractivity (Wildman–Crippen MR) is 89.2 cm³/mol. The molecule has 0 bridgehead atoms. The Labute approximate surface area is 132 Å². The zero-order valence-electron chi connectivity index (χ0n) is 12.6. The maximum atomic E-state index is 6.21. The molecule has 0 radical (unpaired) electrons. The van der Waals surface area contributed by atoms with E-state index in [1.807, 2.05) is 43.3 Å². The first-order valence-corrected chi connectivity index (χ1v) is 7.77. The second-order valence-electron chi connectivity index (χ2n) is 5.13. The van der Waals surface area contributed by atoms with E-state index in [2.05, 4.69) is 24.4 Å². The van der Waals surface area contributed by atoms with E-state index in [1.165, 1.54) is 5.56 Å². The molecule has 1 unspecified atom stereocenters.